The van der Waals surface area contributed by atoms with Crippen LogP contribution in [0, 0.1) is 0 Å². The number of amidine groups is 1. The Kier molecular flexibility index (Phi) is 6.56. The highest BCUT2D eigenvalue weighted by Crippen LogP contribution is 2.41. The van der Waals surface area contributed by atoms with Crippen molar-refractivity contribution in [2.24, 2.45) is 9.98 Å². The molecule has 8 aromatic carbocycles. The first-order chi connectivity index (χ1) is 24.7. The number of hydrogen-bond acceptors (Lipinski definition) is 3. The predicted molar refractivity (Wildman–Crippen MR) is 210 cm³/mol. The molecule has 2 heterocycles. The molecule has 50 heavy (non-hydrogen) atoms. The van der Waals surface area contributed by atoms with Crippen molar-refractivity contribution in [1.82, 2.24) is 0 Å². The molecule has 0 atom stereocenters. The Morgan fingerprint density at radius 1 is 0.400 bits per heavy atom. The van der Waals surface area contributed by atoms with Crippen molar-refractivity contribution in [3.8, 4) is 11.1 Å². The molecule has 0 bridgehead atoms. The van der Waals surface area contributed by atoms with Gasteiger partial charge in [-0.3, -0.25) is 0 Å². The highest BCUT2D eigenvalue weighted by atomic mass is 16.3. The van der Waals surface area contributed by atoms with E-state index in [2.05, 4.69) is 170 Å². The summed E-state index contributed by atoms with van der Waals surface area (Å²) in [5.41, 5.74) is 8.98. The topological polar surface area (TPSA) is 37.9 Å². The summed E-state index contributed by atoms with van der Waals surface area (Å²) in [6.07, 6.45) is 2.87. The Morgan fingerprint density at radius 2 is 0.900 bits per heavy atom. The maximum atomic E-state index is 6.55. The molecule has 3 nitrogen and oxygen atoms in total. The second kappa shape index (κ2) is 11.5. The predicted octanol–water partition coefficient (Wildman–Crippen LogP) is 12.4. The fourth-order valence-electron chi connectivity index (χ4n) is 7.41. The van der Waals surface area contributed by atoms with Gasteiger partial charge in [0.15, 0.2) is 5.84 Å². The zero-order valence-electron chi connectivity index (χ0n) is 27.2. The fourth-order valence-corrected chi connectivity index (χ4v) is 7.41. The van der Waals surface area contributed by atoms with E-state index in [0.717, 1.165) is 66.6 Å². The molecule has 1 aromatic heterocycles. The van der Waals surface area contributed by atoms with E-state index < -0.39 is 0 Å². The molecule has 0 N–H and O–H groups in total. The van der Waals surface area contributed by atoms with Crippen molar-refractivity contribution >= 4 is 71.5 Å². The van der Waals surface area contributed by atoms with Gasteiger partial charge in [0.2, 0.25) is 0 Å². The van der Waals surface area contributed by atoms with Gasteiger partial charge in [-0.25, -0.2) is 9.98 Å². The number of benzene rings is 8. The van der Waals surface area contributed by atoms with E-state index in [4.69, 9.17) is 14.4 Å². The van der Waals surface area contributed by atoms with Gasteiger partial charge in [-0.2, -0.15) is 0 Å². The van der Waals surface area contributed by atoms with Crippen LogP contribution >= 0.6 is 0 Å². The van der Waals surface area contributed by atoms with E-state index in [1.807, 2.05) is 0 Å². The molecule has 0 fully saturated rings. The van der Waals surface area contributed by atoms with E-state index in [1.54, 1.807) is 0 Å². The molecule has 0 radical (unpaired) electrons. The van der Waals surface area contributed by atoms with Gasteiger partial charge >= 0.3 is 0 Å². The van der Waals surface area contributed by atoms with Gasteiger partial charge in [0.25, 0.3) is 0 Å². The zero-order chi connectivity index (χ0) is 33.0. The molecular weight excluding hydrogens is 609 g/mol. The number of furan rings is 1. The SMILES string of the molecule is C1=C(c2cccc3oc4cccc(-c5ccc6ccccc6c5)c4c23)N=C(c2ccc3ccccc3c2)N=C(c2ccc3ccccc3c2)C1. The van der Waals surface area contributed by atoms with Crippen LogP contribution in [0.3, 0.4) is 0 Å². The molecule has 10 rings (SSSR count). The number of nitrogens with zero attached hydrogens (tertiary/aromatic N) is 2. The molecule has 0 aliphatic carbocycles. The van der Waals surface area contributed by atoms with Crippen LogP contribution in [0.2, 0.25) is 0 Å². The van der Waals surface area contributed by atoms with E-state index >= 15 is 0 Å². The molecule has 3 heteroatoms. The van der Waals surface area contributed by atoms with Gasteiger partial charge in [0, 0.05) is 28.3 Å². The number of fused-ring (bicyclic) bond motifs is 6. The number of allylic oxidation sites excluding steroid dienone is 1. The lowest BCUT2D eigenvalue weighted by atomic mass is 9.94. The standard InChI is InChI=1S/C47H30N2O/c1-4-12-33-27-36(22-19-30(33)9-1)39-15-7-17-43-45(39)46-40(16-8-18-44(46)50-43)42-26-25-41(37-23-20-31-10-2-5-13-34(31)28-37)48-47(49-42)38-24-21-32-11-3-6-14-35(32)29-38/h1-24,26-29H,25H2. The first-order valence-electron chi connectivity index (χ1n) is 17.0. The normalized spacial score (nSPS) is 13.5. The summed E-state index contributed by atoms with van der Waals surface area (Å²) in [4.78, 5) is 10.7. The lowest BCUT2D eigenvalue weighted by molar-refractivity contribution is 0.669. The van der Waals surface area contributed by atoms with Crippen LogP contribution in [0.1, 0.15) is 23.1 Å². The van der Waals surface area contributed by atoms with Crippen LogP contribution in [-0.2, 0) is 0 Å². The second-order valence-corrected chi connectivity index (χ2v) is 12.9. The Bertz CT molecular complexity index is 2900. The lowest BCUT2D eigenvalue weighted by Gasteiger charge is -2.09. The Balaban J connectivity index is 1.18. The van der Waals surface area contributed by atoms with Gasteiger partial charge in [-0.1, -0.05) is 140 Å². The van der Waals surface area contributed by atoms with E-state index in [9.17, 15) is 0 Å². The minimum Gasteiger partial charge on any atom is -0.456 e. The van der Waals surface area contributed by atoms with Crippen molar-refractivity contribution < 1.29 is 4.42 Å². The fraction of sp³-hybridized carbons (Fsp3) is 0.0213. The van der Waals surface area contributed by atoms with E-state index in [-0.39, 0.29) is 0 Å². The zero-order valence-corrected chi connectivity index (χ0v) is 27.2. The minimum atomic E-state index is 0.637. The molecule has 1 aliphatic rings. The van der Waals surface area contributed by atoms with Crippen LogP contribution < -0.4 is 0 Å². The molecule has 0 spiro atoms. The Labute approximate surface area is 289 Å². The summed E-state index contributed by atoms with van der Waals surface area (Å²) in [7, 11) is 0. The number of rotatable bonds is 4. The maximum Gasteiger partial charge on any atom is 0.160 e. The number of aliphatic imine (C=N–C) groups is 2. The second-order valence-electron chi connectivity index (χ2n) is 12.9. The summed E-state index contributed by atoms with van der Waals surface area (Å²) >= 11 is 0. The third kappa shape index (κ3) is 4.83. The Hall–Kier alpha value is -6.58. The average Bonchev–Trinajstić information content (AvgIpc) is 3.42. The monoisotopic (exact) mass is 638 g/mol. The highest BCUT2D eigenvalue weighted by Gasteiger charge is 2.20. The van der Waals surface area contributed by atoms with Crippen molar-refractivity contribution in [1.29, 1.82) is 0 Å². The summed E-state index contributed by atoms with van der Waals surface area (Å²) in [5.74, 6) is 0.696. The van der Waals surface area contributed by atoms with Crippen LogP contribution in [-0.4, -0.2) is 11.5 Å². The third-order valence-electron chi connectivity index (χ3n) is 9.91. The average molecular weight is 639 g/mol. The lowest BCUT2D eigenvalue weighted by Crippen LogP contribution is -2.05. The quantitative estimate of drug-likeness (QED) is 0.189. The first-order valence-corrected chi connectivity index (χ1v) is 17.0. The van der Waals surface area contributed by atoms with Gasteiger partial charge in [0.1, 0.15) is 11.2 Å². The van der Waals surface area contributed by atoms with Crippen LogP contribution in [0.5, 0.6) is 0 Å². The summed E-state index contributed by atoms with van der Waals surface area (Å²) in [6, 6.07) is 57.8. The molecule has 234 valence electrons. The third-order valence-corrected chi connectivity index (χ3v) is 9.91. The van der Waals surface area contributed by atoms with Crippen molar-refractivity contribution in [3.63, 3.8) is 0 Å². The molecule has 0 amide bonds. The molecule has 0 saturated heterocycles. The van der Waals surface area contributed by atoms with Crippen molar-refractivity contribution in [3.05, 3.63) is 187 Å². The summed E-state index contributed by atoms with van der Waals surface area (Å²) in [5, 5.41) is 9.35. The molecule has 1 aliphatic heterocycles. The maximum absolute atomic E-state index is 6.55. The van der Waals surface area contributed by atoms with E-state index in [0.29, 0.717) is 12.3 Å². The van der Waals surface area contributed by atoms with E-state index in [1.165, 1.54) is 26.9 Å². The molecule has 9 aromatic rings. The van der Waals surface area contributed by atoms with Gasteiger partial charge < -0.3 is 4.42 Å². The largest absolute Gasteiger partial charge is 0.456 e. The van der Waals surface area contributed by atoms with Crippen LogP contribution in [0.4, 0.5) is 0 Å². The van der Waals surface area contributed by atoms with Gasteiger partial charge in [-0.15, -0.1) is 0 Å². The highest BCUT2D eigenvalue weighted by molar-refractivity contribution is 6.20. The minimum absolute atomic E-state index is 0.637. The Morgan fingerprint density at radius 3 is 1.54 bits per heavy atom. The smallest absolute Gasteiger partial charge is 0.160 e. The molecule has 0 unspecified atom stereocenters. The van der Waals surface area contributed by atoms with Crippen LogP contribution in [0.25, 0.3) is 71.1 Å². The first kappa shape index (κ1) is 28.4. The van der Waals surface area contributed by atoms with Gasteiger partial charge in [-0.05, 0) is 79.3 Å². The molecular formula is C47H30N2O. The van der Waals surface area contributed by atoms with Gasteiger partial charge in [0.05, 0.1) is 11.4 Å². The summed E-state index contributed by atoms with van der Waals surface area (Å²) in [6.45, 7) is 0. The number of hydrogen-bond donors (Lipinski definition) is 0. The van der Waals surface area contributed by atoms with Crippen molar-refractivity contribution in [2.45, 2.75) is 6.42 Å². The van der Waals surface area contributed by atoms with Crippen LogP contribution in [0.15, 0.2) is 184 Å². The summed E-state index contributed by atoms with van der Waals surface area (Å²) < 4.78 is 6.55. The van der Waals surface area contributed by atoms with Crippen molar-refractivity contribution in [2.75, 3.05) is 0 Å². The molecule has 0 saturated carbocycles.